The van der Waals surface area contributed by atoms with E-state index >= 15 is 0 Å². The number of benzene rings is 2. The van der Waals surface area contributed by atoms with Crippen molar-refractivity contribution in [3.8, 4) is 0 Å². The molecule has 1 saturated carbocycles. The van der Waals surface area contributed by atoms with Crippen LogP contribution in [0.25, 0.3) is 10.8 Å². The fraction of sp³-hybridized carbons (Fsp3) is 0.412. The van der Waals surface area contributed by atoms with Gasteiger partial charge in [0, 0.05) is 11.4 Å². The molecule has 23 heavy (non-hydrogen) atoms. The van der Waals surface area contributed by atoms with Gasteiger partial charge in [0.15, 0.2) is 0 Å². The number of halogens is 1. The minimum absolute atomic E-state index is 0. The zero-order valence-electron chi connectivity index (χ0n) is 12.9. The molecule has 1 aliphatic rings. The average molecular weight is 355 g/mol. The molecule has 2 aromatic rings. The van der Waals surface area contributed by atoms with Gasteiger partial charge >= 0.3 is 0 Å². The third-order valence-electron chi connectivity index (χ3n) is 4.56. The van der Waals surface area contributed by atoms with Crippen molar-refractivity contribution in [3.05, 3.63) is 42.5 Å². The van der Waals surface area contributed by atoms with Crippen molar-refractivity contribution >= 4 is 33.2 Å². The van der Waals surface area contributed by atoms with Crippen LogP contribution in [-0.2, 0) is 10.0 Å². The van der Waals surface area contributed by atoms with Crippen molar-refractivity contribution < 1.29 is 8.42 Å². The molecular formula is C17H23ClN2O2S. The second kappa shape index (κ2) is 7.62. The van der Waals surface area contributed by atoms with E-state index in [9.17, 15) is 8.42 Å². The monoisotopic (exact) mass is 354 g/mol. The molecule has 3 N–H and O–H groups in total. The topological polar surface area (TPSA) is 72.2 Å². The number of nitrogens with one attached hydrogen (secondary N) is 1. The van der Waals surface area contributed by atoms with Crippen LogP contribution < -0.4 is 10.5 Å². The minimum Gasteiger partial charge on any atom is -0.330 e. The van der Waals surface area contributed by atoms with E-state index in [1.54, 1.807) is 12.1 Å². The summed E-state index contributed by atoms with van der Waals surface area (Å²) in [5, 5.41) is 1.70. The summed E-state index contributed by atoms with van der Waals surface area (Å²) in [6.45, 7) is 0.530. The molecule has 2 unspecified atom stereocenters. The third-order valence-corrected chi connectivity index (χ3v) is 6.11. The number of hydrogen-bond donors (Lipinski definition) is 2. The SMILES string of the molecule is Cl.NCC1CCCCC1NS(=O)(=O)c1cccc2ccccc12. The van der Waals surface area contributed by atoms with Gasteiger partial charge in [0.2, 0.25) is 10.0 Å². The lowest BCUT2D eigenvalue weighted by Gasteiger charge is -2.31. The number of rotatable bonds is 4. The Kier molecular flexibility index (Phi) is 6.03. The van der Waals surface area contributed by atoms with E-state index in [1.165, 1.54) is 0 Å². The lowest BCUT2D eigenvalue weighted by atomic mass is 9.85. The van der Waals surface area contributed by atoms with Gasteiger partial charge in [0.05, 0.1) is 4.90 Å². The van der Waals surface area contributed by atoms with Crippen LogP contribution in [0.15, 0.2) is 47.4 Å². The molecule has 0 bridgehead atoms. The normalized spacial score (nSPS) is 21.8. The molecule has 0 amide bonds. The van der Waals surface area contributed by atoms with E-state index in [-0.39, 0.29) is 24.4 Å². The van der Waals surface area contributed by atoms with Gasteiger partial charge in [-0.25, -0.2) is 13.1 Å². The predicted octanol–water partition coefficient (Wildman–Crippen LogP) is 3.06. The van der Waals surface area contributed by atoms with Crippen molar-refractivity contribution in [2.24, 2.45) is 11.7 Å². The molecule has 3 rings (SSSR count). The van der Waals surface area contributed by atoms with Crippen LogP contribution in [0, 0.1) is 5.92 Å². The van der Waals surface area contributed by atoms with Crippen molar-refractivity contribution in [3.63, 3.8) is 0 Å². The fourth-order valence-corrected chi connectivity index (χ4v) is 4.91. The zero-order valence-corrected chi connectivity index (χ0v) is 14.6. The van der Waals surface area contributed by atoms with Gasteiger partial charge < -0.3 is 5.73 Å². The van der Waals surface area contributed by atoms with Gasteiger partial charge in [-0.05, 0) is 36.8 Å². The van der Waals surface area contributed by atoms with E-state index in [2.05, 4.69) is 4.72 Å². The second-order valence-electron chi connectivity index (χ2n) is 5.99. The molecule has 126 valence electrons. The smallest absolute Gasteiger partial charge is 0.241 e. The zero-order chi connectivity index (χ0) is 15.6. The summed E-state index contributed by atoms with van der Waals surface area (Å²) in [5.74, 6) is 0.235. The highest BCUT2D eigenvalue weighted by atomic mass is 35.5. The van der Waals surface area contributed by atoms with Crippen LogP contribution in [0.3, 0.4) is 0 Å². The molecule has 0 aliphatic heterocycles. The molecule has 6 heteroatoms. The van der Waals surface area contributed by atoms with Crippen molar-refractivity contribution in [1.82, 2.24) is 4.72 Å². The lowest BCUT2D eigenvalue weighted by Crippen LogP contribution is -2.44. The maximum atomic E-state index is 12.8. The lowest BCUT2D eigenvalue weighted by molar-refractivity contribution is 0.296. The summed E-state index contributed by atoms with van der Waals surface area (Å²) >= 11 is 0. The number of hydrogen-bond acceptors (Lipinski definition) is 3. The highest BCUT2D eigenvalue weighted by Crippen LogP contribution is 2.27. The maximum absolute atomic E-state index is 12.8. The Morgan fingerprint density at radius 3 is 2.52 bits per heavy atom. The Bertz CT molecular complexity index is 759. The number of nitrogens with two attached hydrogens (primary N) is 1. The maximum Gasteiger partial charge on any atom is 0.241 e. The third kappa shape index (κ3) is 3.86. The van der Waals surface area contributed by atoms with Crippen LogP contribution in [-0.4, -0.2) is 21.0 Å². The summed E-state index contributed by atoms with van der Waals surface area (Å²) in [5.41, 5.74) is 5.81. The quantitative estimate of drug-likeness (QED) is 0.886. The van der Waals surface area contributed by atoms with Crippen LogP contribution in [0.5, 0.6) is 0 Å². The largest absolute Gasteiger partial charge is 0.330 e. The minimum atomic E-state index is -3.54. The average Bonchev–Trinajstić information content (AvgIpc) is 2.54. The highest BCUT2D eigenvalue weighted by Gasteiger charge is 2.29. The van der Waals surface area contributed by atoms with Crippen molar-refractivity contribution in [2.75, 3.05) is 6.54 Å². The Morgan fingerprint density at radius 2 is 1.74 bits per heavy atom. The van der Waals surface area contributed by atoms with Gasteiger partial charge in [0.1, 0.15) is 0 Å². The van der Waals surface area contributed by atoms with E-state index in [0.29, 0.717) is 11.4 Å². The van der Waals surface area contributed by atoms with Gasteiger partial charge in [-0.15, -0.1) is 12.4 Å². The number of sulfonamides is 1. The molecule has 0 radical (unpaired) electrons. The number of fused-ring (bicyclic) bond motifs is 1. The van der Waals surface area contributed by atoms with E-state index in [4.69, 9.17) is 5.73 Å². The second-order valence-corrected chi connectivity index (χ2v) is 7.67. The molecule has 1 fully saturated rings. The first-order valence-electron chi connectivity index (χ1n) is 7.82. The Morgan fingerprint density at radius 1 is 1.04 bits per heavy atom. The molecule has 4 nitrogen and oxygen atoms in total. The molecule has 0 saturated heterocycles. The van der Waals surface area contributed by atoms with E-state index in [0.717, 1.165) is 36.5 Å². The summed E-state index contributed by atoms with van der Waals surface area (Å²) in [7, 11) is -3.54. The van der Waals surface area contributed by atoms with Crippen LogP contribution in [0.4, 0.5) is 0 Å². The first kappa shape index (κ1) is 18.2. The van der Waals surface area contributed by atoms with Crippen molar-refractivity contribution in [1.29, 1.82) is 0 Å². The molecular weight excluding hydrogens is 332 g/mol. The Labute approximate surface area is 143 Å². The van der Waals surface area contributed by atoms with Crippen LogP contribution >= 0.6 is 12.4 Å². The van der Waals surface area contributed by atoms with Crippen LogP contribution in [0.2, 0.25) is 0 Å². The molecule has 2 aromatic carbocycles. The van der Waals surface area contributed by atoms with Crippen LogP contribution in [0.1, 0.15) is 25.7 Å². The van der Waals surface area contributed by atoms with Gasteiger partial charge in [-0.3, -0.25) is 0 Å². The van der Waals surface area contributed by atoms with E-state index < -0.39 is 10.0 Å². The highest BCUT2D eigenvalue weighted by molar-refractivity contribution is 7.89. The first-order chi connectivity index (χ1) is 10.6. The standard InChI is InChI=1S/C17H22N2O2S.ClH/c18-12-14-7-2-4-10-16(14)19-22(20,21)17-11-5-8-13-6-1-3-9-15(13)17;/h1,3,5-6,8-9,11,14,16,19H,2,4,7,10,12,18H2;1H. The summed E-state index contributed by atoms with van der Waals surface area (Å²) in [4.78, 5) is 0.354. The molecule has 0 spiro atoms. The fourth-order valence-electron chi connectivity index (χ4n) is 3.34. The van der Waals surface area contributed by atoms with Gasteiger partial charge in [-0.1, -0.05) is 49.2 Å². The molecule has 0 heterocycles. The van der Waals surface area contributed by atoms with Crippen molar-refractivity contribution in [2.45, 2.75) is 36.6 Å². The molecule has 0 aromatic heterocycles. The first-order valence-corrected chi connectivity index (χ1v) is 9.30. The molecule has 2 atom stereocenters. The summed E-state index contributed by atoms with van der Waals surface area (Å²) < 4.78 is 28.5. The summed E-state index contributed by atoms with van der Waals surface area (Å²) in [6.07, 6.45) is 4.05. The molecule has 1 aliphatic carbocycles. The Balaban J connectivity index is 0.00000192. The Hall–Kier alpha value is -1.14. The summed E-state index contributed by atoms with van der Waals surface area (Å²) in [6, 6.07) is 12.9. The predicted molar refractivity (Wildman–Crippen MR) is 96.3 cm³/mol. The van der Waals surface area contributed by atoms with Gasteiger partial charge in [-0.2, -0.15) is 0 Å². The van der Waals surface area contributed by atoms with E-state index in [1.807, 2.05) is 30.3 Å². The van der Waals surface area contributed by atoms with Gasteiger partial charge in [0.25, 0.3) is 0 Å².